The molecule has 2 saturated carbocycles. The number of allylic oxidation sites excluding steroid dienone is 1. The van der Waals surface area contributed by atoms with Crippen molar-refractivity contribution in [2.45, 2.75) is 64.9 Å². The van der Waals surface area contributed by atoms with Crippen LogP contribution < -0.4 is 0 Å². The molecule has 0 aromatic carbocycles. The third-order valence-corrected chi connectivity index (χ3v) is 5.16. The zero-order valence-electron chi connectivity index (χ0n) is 11.1. The fourth-order valence-electron chi connectivity index (χ4n) is 3.86. The Balaban J connectivity index is 2.15. The summed E-state index contributed by atoms with van der Waals surface area (Å²) in [6, 6.07) is 0. The molecule has 0 bridgehead atoms. The fourth-order valence-corrected chi connectivity index (χ4v) is 3.86. The van der Waals surface area contributed by atoms with E-state index in [1.54, 1.807) is 0 Å². The van der Waals surface area contributed by atoms with Crippen LogP contribution in [0.3, 0.4) is 0 Å². The number of fused-ring (bicyclic) bond motifs is 1. The lowest BCUT2D eigenvalue weighted by atomic mass is 9.55. The summed E-state index contributed by atoms with van der Waals surface area (Å²) in [6.45, 7) is 10.6. The quantitative estimate of drug-likeness (QED) is 0.667. The summed E-state index contributed by atoms with van der Waals surface area (Å²) in [5.74, 6) is 1.12. The third kappa shape index (κ3) is 2.07. The molecule has 1 N–H and O–H groups in total. The Hall–Kier alpha value is -0.300. The number of aliphatic hydroxyl groups is 1. The molecule has 2 fully saturated rings. The van der Waals surface area contributed by atoms with Gasteiger partial charge in [0.25, 0.3) is 0 Å². The molecule has 0 heterocycles. The first-order chi connectivity index (χ1) is 7.33. The molecular formula is C15H26O. The summed E-state index contributed by atoms with van der Waals surface area (Å²) in [6.07, 6.45) is 7.49. The van der Waals surface area contributed by atoms with Gasteiger partial charge in [-0.1, -0.05) is 19.1 Å². The lowest BCUT2D eigenvalue weighted by molar-refractivity contribution is -0.0406. The van der Waals surface area contributed by atoms with Gasteiger partial charge in [0, 0.05) is 0 Å². The lowest BCUT2D eigenvalue weighted by Crippen LogP contribution is -2.43. The van der Waals surface area contributed by atoms with Crippen LogP contribution in [0.5, 0.6) is 0 Å². The summed E-state index contributed by atoms with van der Waals surface area (Å²) in [5.41, 5.74) is 1.42. The van der Waals surface area contributed by atoms with Crippen molar-refractivity contribution in [3.05, 3.63) is 12.2 Å². The third-order valence-electron chi connectivity index (χ3n) is 5.16. The maximum atomic E-state index is 10.2. The zero-order valence-corrected chi connectivity index (χ0v) is 11.1. The average Bonchev–Trinajstić information content (AvgIpc) is 2.15. The van der Waals surface area contributed by atoms with Crippen LogP contribution in [0, 0.1) is 17.3 Å². The molecule has 0 aromatic heterocycles. The Bertz CT molecular complexity index is 286. The van der Waals surface area contributed by atoms with E-state index in [2.05, 4.69) is 13.5 Å². The van der Waals surface area contributed by atoms with Crippen LogP contribution in [0.1, 0.15) is 59.3 Å². The Labute approximate surface area is 99.9 Å². The largest absolute Gasteiger partial charge is 0.390 e. The molecule has 2 rings (SSSR count). The van der Waals surface area contributed by atoms with Gasteiger partial charge in [0.05, 0.1) is 5.60 Å². The van der Waals surface area contributed by atoms with Crippen LogP contribution in [0.25, 0.3) is 0 Å². The molecule has 0 saturated heterocycles. The van der Waals surface area contributed by atoms with Crippen molar-refractivity contribution in [1.29, 1.82) is 0 Å². The highest BCUT2D eigenvalue weighted by molar-refractivity contribution is 5.13. The van der Waals surface area contributed by atoms with E-state index in [-0.39, 0.29) is 0 Å². The topological polar surface area (TPSA) is 20.2 Å². The maximum Gasteiger partial charge on any atom is 0.0620 e. The van der Waals surface area contributed by atoms with Crippen molar-refractivity contribution < 1.29 is 5.11 Å². The monoisotopic (exact) mass is 222 g/mol. The fraction of sp³-hybridized carbons (Fsp3) is 0.867. The van der Waals surface area contributed by atoms with Crippen molar-refractivity contribution in [2.75, 3.05) is 0 Å². The summed E-state index contributed by atoms with van der Waals surface area (Å²) in [4.78, 5) is 0. The molecule has 1 nitrogen and oxygen atoms in total. The van der Waals surface area contributed by atoms with Crippen LogP contribution >= 0.6 is 0 Å². The van der Waals surface area contributed by atoms with E-state index in [1.165, 1.54) is 37.7 Å². The highest BCUT2D eigenvalue weighted by Crippen LogP contribution is 2.54. The van der Waals surface area contributed by atoms with Crippen molar-refractivity contribution in [1.82, 2.24) is 0 Å². The first-order valence-electron chi connectivity index (χ1n) is 6.73. The minimum atomic E-state index is -0.515. The molecule has 0 unspecified atom stereocenters. The molecule has 0 aliphatic heterocycles. The first-order valence-corrected chi connectivity index (χ1v) is 6.73. The Morgan fingerprint density at radius 1 is 1.38 bits per heavy atom. The summed E-state index contributed by atoms with van der Waals surface area (Å²) < 4.78 is 0. The summed E-state index contributed by atoms with van der Waals surface area (Å²) in [5, 5.41) is 10.2. The normalized spacial score (nSPS) is 40.6. The second-order valence-corrected chi connectivity index (χ2v) is 6.84. The Morgan fingerprint density at radius 3 is 2.69 bits per heavy atom. The predicted octanol–water partition coefficient (Wildman–Crippen LogP) is 3.92. The van der Waals surface area contributed by atoms with Gasteiger partial charge in [-0.2, -0.15) is 0 Å². The van der Waals surface area contributed by atoms with Crippen molar-refractivity contribution in [3.8, 4) is 0 Å². The van der Waals surface area contributed by atoms with Gasteiger partial charge in [0.2, 0.25) is 0 Å². The van der Waals surface area contributed by atoms with Crippen LogP contribution in [-0.2, 0) is 0 Å². The number of rotatable bonds is 1. The predicted molar refractivity (Wildman–Crippen MR) is 68.2 cm³/mol. The molecule has 1 heteroatoms. The minimum absolute atomic E-state index is 0.459. The standard InChI is InChI=1S/C15H26O/c1-11-6-5-8-15(4)9-7-12(10-13(11)15)14(2,3)16/h12-13,16H,1,5-10H2,2-4H3/t12-,13+,15-/m0/s1. The highest BCUT2D eigenvalue weighted by Gasteiger charge is 2.45. The van der Waals surface area contributed by atoms with Gasteiger partial charge in [-0.05, 0) is 69.6 Å². The van der Waals surface area contributed by atoms with E-state index in [9.17, 15) is 5.11 Å². The van der Waals surface area contributed by atoms with Crippen molar-refractivity contribution >= 4 is 0 Å². The molecule has 92 valence electrons. The van der Waals surface area contributed by atoms with Crippen LogP contribution in [-0.4, -0.2) is 10.7 Å². The average molecular weight is 222 g/mol. The van der Waals surface area contributed by atoms with Gasteiger partial charge in [-0.3, -0.25) is 0 Å². The zero-order chi connectivity index (χ0) is 12.0. The van der Waals surface area contributed by atoms with Crippen LogP contribution in [0.2, 0.25) is 0 Å². The van der Waals surface area contributed by atoms with Gasteiger partial charge < -0.3 is 5.11 Å². The molecule has 0 amide bonds. The van der Waals surface area contributed by atoms with E-state index in [0.717, 1.165) is 6.42 Å². The summed E-state index contributed by atoms with van der Waals surface area (Å²) >= 11 is 0. The van der Waals surface area contributed by atoms with E-state index >= 15 is 0 Å². The second-order valence-electron chi connectivity index (χ2n) is 6.84. The first kappa shape index (κ1) is 12.2. The van der Waals surface area contributed by atoms with Gasteiger partial charge in [-0.15, -0.1) is 0 Å². The van der Waals surface area contributed by atoms with Crippen molar-refractivity contribution in [2.24, 2.45) is 17.3 Å². The molecule has 0 radical (unpaired) electrons. The molecule has 2 aliphatic carbocycles. The second kappa shape index (κ2) is 3.87. The Kier molecular flexibility index (Phi) is 2.94. The minimum Gasteiger partial charge on any atom is -0.390 e. The Morgan fingerprint density at radius 2 is 2.06 bits per heavy atom. The van der Waals surface area contributed by atoms with E-state index in [1.807, 2.05) is 13.8 Å². The molecule has 3 atom stereocenters. The van der Waals surface area contributed by atoms with Crippen LogP contribution in [0.4, 0.5) is 0 Å². The van der Waals surface area contributed by atoms with Crippen LogP contribution in [0.15, 0.2) is 12.2 Å². The van der Waals surface area contributed by atoms with Gasteiger partial charge in [0.1, 0.15) is 0 Å². The SMILES string of the molecule is C=C1CCC[C@@]2(C)CC[C@H](C(C)(C)O)C[C@H]12. The molecule has 16 heavy (non-hydrogen) atoms. The molecule has 0 aromatic rings. The van der Waals surface area contributed by atoms with Crippen molar-refractivity contribution in [3.63, 3.8) is 0 Å². The van der Waals surface area contributed by atoms with Gasteiger partial charge in [-0.25, -0.2) is 0 Å². The lowest BCUT2D eigenvalue weighted by Gasteiger charge is -2.50. The van der Waals surface area contributed by atoms with E-state index in [0.29, 0.717) is 17.3 Å². The maximum absolute atomic E-state index is 10.2. The van der Waals surface area contributed by atoms with E-state index in [4.69, 9.17) is 0 Å². The molecule has 0 spiro atoms. The summed E-state index contributed by atoms with van der Waals surface area (Å²) in [7, 11) is 0. The highest BCUT2D eigenvalue weighted by atomic mass is 16.3. The number of hydrogen-bond acceptors (Lipinski definition) is 1. The van der Waals surface area contributed by atoms with E-state index < -0.39 is 5.60 Å². The molecule has 2 aliphatic rings. The number of hydrogen-bond donors (Lipinski definition) is 1. The molecular weight excluding hydrogens is 196 g/mol. The van der Waals surface area contributed by atoms with Gasteiger partial charge >= 0.3 is 0 Å². The van der Waals surface area contributed by atoms with Gasteiger partial charge in [0.15, 0.2) is 0 Å². The smallest absolute Gasteiger partial charge is 0.0620 e.